The Morgan fingerprint density at radius 2 is 2.00 bits per heavy atom. The fourth-order valence-electron chi connectivity index (χ4n) is 2.77. The largest absolute Gasteiger partial charge is 0.337 e. The van der Waals surface area contributed by atoms with Crippen molar-refractivity contribution in [3.05, 3.63) is 45.7 Å². The Morgan fingerprint density at radius 1 is 1.17 bits per heavy atom. The molecule has 1 saturated heterocycles. The van der Waals surface area contributed by atoms with Crippen molar-refractivity contribution >= 4 is 40.4 Å². The van der Waals surface area contributed by atoms with Crippen molar-refractivity contribution in [2.24, 2.45) is 0 Å². The number of hydrogen-bond donors (Lipinski definition) is 0. The molecule has 0 aliphatic carbocycles. The molecule has 0 N–H and O–H groups in total. The van der Waals surface area contributed by atoms with Crippen LogP contribution in [0.3, 0.4) is 0 Å². The minimum atomic E-state index is 0.0973. The molecule has 8 heteroatoms. The molecule has 118 valence electrons. The predicted octanol–water partition coefficient (Wildman–Crippen LogP) is 2.41. The van der Waals surface area contributed by atoms with Crippen LogP contribution in [-0.4, -0.2) is 51.6 Å². The van der Waals surface area contributed by atoms with Crippen LogP contribution in [0.4, 0.5) is 5.95 Å². The number of aromatic nitrogens is 3. The van der Waals surface area contributed by atoms with Crippen molar-refractivity contribution < 1.29 is 4.79 Å². The smallest absolute Gasteiger partial charge is 0.254 e. The number of amides is 1. The highest BCUT2D eigenvalue weighted by Gasteiger charge is 2.25. The van der Waals surface area contributed by atoms with E-state index in [4.69, 9.17) is 11.6 Å². The molecule has 23 heavy (non-hydrogen) atoms. The second kappa shape index (κ2) is 5.82. The number of halogens is 1. The Bertz CT molecular complexity index is 839. The average Bonchev–Trinajstić information content (AvgIpc) is 3.25. The number of hydrogen-bond acceptors (Lipinski definition) is 5. The SMILES string of the molecule is O=C(c1ccsc1)N1CCN(c2nnc3c(Cl)cccn23)CC1. The number of rotatable bonds is 2. The highest BCUT2D eigenvalue weighted by Crippen LogP contribution is 2.21. The van der Waals surface area contributed by atoms with Crippen LogP contribution in [0.15, 0.2) is 35.2 Å². The monoisotopic (exact) mass is 347 g/mol. The zero-order valence-electron chi connectivity index (χ0n) is 12.2. The van der Waals surface area contributed by atoms with E-state index in [0.29, 0.717) is 23.8 Å². The first-order chi connectivity index (χ1) is 11.2. The molecule has 0 unspecified atom stereocenters. The first kappa shape index (κ1) is 14.5. The summed E-state index contributed by atoms with van der Waals surface area (Å²) in [6.07, 6.45) is 1.90. The van der Waals surface area contributed by atoms with Crippen LogP contribution in [0, 0.1) is 0 Å². The van der Waals surface area contributed by atoms with Gasteiger partial charge in [-0.15, -0.1) is 10.2 Å². The maximum Gasteiger partial charge on any atom is 0.254 e. The van der Waals surface area contributed by atoms with E-state index >= 15 is 0 Å². The molecular weight excluding hydrogens is 334 g/mol. The van der Waals surface area contributed by atoms with Crippen LogP contribution in [0.25, 0.3) is 5.65 Å². The Morgan fingerprint density at radius 3 is 2.74 bits per heavy atom. The molecule has 0 radical (unpaired) electrons. The molecule has 1 aliphatic heterocycles. The van der Waals surface area contributed by atoms with E-state index in [1.807, 2.05) is 38.4 Å². The van der Waals surface area contributed by atoms with Gasteiger partial charge in [0.1, 0.15) is 0 Å². The Kier molecular flexibility index (Phi) is 3.66. The maximum absolute atomic E-state index is 12.4. The van der Waals surface area contributed by atoms with Gasteiger partial charge in [-0.25, -0.2) is 0 Å². The third-order valence-corrected chi connectivity index (χ3v) is 4.97. The summed E-state index contributed by atoms with van der Waals surface area (Å²) in [5.41, 5.74) is 1.42. The van der Waals surface area contributed by atoms with E-state index in [1.165, 1.54) is 0 Å². The minimum Gasteiger partial charge on any atom is -0.337 e. The van der Waals surface area contributed by atoms with E-state index in [9.17, 15) is 4.79 Å². The van der Waals surface area contributed by atoms with Crippen LogP contribution in [0.1, 0.15) is 10.4 Å². The van der Waals surface area contributed by atoms with Gasteiger partial charge < -0.3 is 9.80 Å². The molecule has 1 aliphatic rings. The summed E-state index contributed by atoms with van der Waals surface area (Å²) in [7, 11) is 0. The highest BCUT2D eigenvalue weighted by atomic mass is 35.5. The third kappa shape index (κ3) is 2.55. The predicted molar refractivity (Wildman–Crippen MR) is 90.4 cm³/mol. The third-order valence-electron chi connectivity index (χ3n) is 3.99. The van der Waals surface area contributed by atoms with Gasteiger partial charge >= 0.3 is 0 Å². The number of carbonyl (C=O) groups is 1. The van der Waals surface area contributed by atoms with Gasteiger partial charge in [-0.05, 0) is 23.6 Å². The number of thiophene rings is 1. The quantitative estimate of drug-likeness (QED) is 0.714. The summed E-state index contributed by atoms with van der Waals surface area (Å²) in [5.74, 6) is 0.866. The van der Waals surface area contributed by atoms with E-state index in [0.717, 1.165) is 24.6 Å². The minimum absolute atomic E-state index is 0.0973. The van der Waals surface area contributed by atoms with Gasteiger partial charge in [-0.3, -0.25) is 9.20 Å². The zero-order chi connectivity index (χ0) is 15.8. The van der Waals surface area contributed by atoms with E-state index in [2.05, 4.69) is 15.1 Å². The summed E-state index contributed by atoms with van der Waals surface area (Å²) in [5, 5.41) is 12.8. The van der Waals surface area contributed by atoms with Gasteiger partial charge in [-0.2, -0.15) is 11.3 Å². The molecule has 0 spiro atoms. The molecule has 1 fully saturated rings. The van der Waals surface area contributed by atoms with Gasteiger partial charge in [0.25, 0.3) is 5.91 Å². The number of fused-ring (bicyclic) bond motifs is 1. The summed E-state index contributed by atoms with van der Waals surface area (Å²) >= 11 is 7.68. The van der Waals surface area contributed by atoms with Crippen LogP contribution in [0.5, 0.6) is 0 Å². The molecule has 0 saturated carbocycles. The summed E-state index contributed by atoms with van der Waals surface area (Å²) in [6, 6.07) is 5.54. The second-order valence-corrected chi connectivity index (χ2v) is 6.53. The van der Waals surface area contributed by atoms with Gasteiger partial charge in [0.2, 0.25) is 5.95 Å². The van der Waals surface area contributed by atoms with Crippen molar-refractivity contribution in [3.8, 4) is 0 Å². The fourth-order valence-corrected chi connectivity index (χ4v) is 3.60. The lowest BCUT2D eigenvalue weighted by atomic mass is 10.2. The van der Waals surface area contributed by atoms with Crippen molar-refractivity contribution in [1.82, 2.24) is 19.5 Å². The highest BCUT2D eigenvalue weighted by molar-refractivity contribution is 7.08. The van der Waals surface area contributed by atoms with Crippen molar-refractivity contribution in [2.75, 3.05) is 31.1 Å². The summed E-state index contributed by atoms with van der Waals surface area (Å²) in [4.78, 5) is 16.4. The van der Waals surface area contributed by atoms with Crippen molar-refractivity contribution in [1.29, 1.82) is 0 Å². The zero-order valence-corrected chi connectivity index (χ0v) is 13.8. The molecule has 4 heterocycles. The van der Waals surface area contributed by atoms with E-state index < -0.39 is 0 Å². The molecule has 3 aromatic rings. The Labute approximate surface area is 141 Å². The Hall–Kier alpha value is -2.12. The second-order valence-electron chi connectivity index (χ2n) is 5.34. The standard InChI is InChI=1S/C15H14ClN5OS/c16-12-2-1-4-21-13(12)17-18-15(21)20-7-5-19(6-8-20)14(22)11-3-9-23-10-11/h1-4,9-10H,5-8H2. The van der Waals surface area contributed by atoms with Gasteiger partial charge in [0, 0.05) is 37.8 Å². The molecular formula is C15H14ClN5OS. The van der Waals surface area contributed by atoms with Gasteiger partial charge in [-0.1, -0.05) is 11.6 Å². The summed E-state index contributed by atoms with van der Waals surface area (Å²) < 4.78 is 1.89. The topological polar surface area (TPSA) is 53.7 Å². The molecule has 6 nitrogen and oxygen atoms in total. The van der Waals surface area contributed by atoms with Crippen LogP contribution in [-0.2, 0) is 0 Å². The number of pyridine rings is 1. The van der Waals surface area contributed by atoms with E-state index in [-0.39, 0.29) is 5.91 Å². The van der Waals surface area contributed by atoms with Crippen molar-refractivity contribution in [2.45, 2.75) is 0 Å². The lowest BCUT2D eigenvalue weighted by molar-refractivity contribution is 0.0747. The van der Waals surface area contributed by atoms with Crippen LogP contribution >= 0.6 is 22.9 Å². The number of anilines is 1. The van der Waals surface area contributed by atoms with Gasteiger partial charge in [0.15, 0.2) is 5.65 Å². The average molecular weight is 348 g/mol. The molecule has 3 aromatic heterocycles. The fraction of sp³-hybridized carbons (Fsp3) is 0.267. The molecule has 0 bridgehead atoms. The van der Waals surface area contributed by atoms with Crippen LogP contribution < -0.4 is 4.90 Å². The maximum atomic E-state index is 12.4. The lowest BCUT2D eigenvalue weighted by Crippen LogP contribution is -2.49. The van der Waals surface area contributed by atoms with Gasteiger partial charge in [0.05, 0.1) is 10.6 Å². The molecule has 1 amide bonds. The normalized spacial score (nSPS) is 15.3. The number of nitrogens with zero attached hydrogens (tertiary/aromatic N) is 5. The Balaban J connectivity index is 1.51. The molecule has 0 aromatic carbocycles. The summed E-state index contributed by atoms with van der Waals surface area (Å²) in [6.45, 7) is 2.79. The number of piperazine rings is 1. The number of carbonyl (C=O) groups excluding carboxylic acids is 1. The first-order valence-corrected chi connectivity index (χ1v) is 8.62. The molecule has 0 atom stereocenters. The van der Waals surface area contributed by atoms with E-state index in [1.54, 1.807) is 17.4 Å². The first-order valence-electron chi connectivity index (χ1n) is 7.30. The molecule has 4 rings (SSSR count). The van der Waals surface area contributed by atoms with Crippen molar-refractivity contribution in [3.63, 3.8) is 0 Å². The van der Waals surface area contributed by atoms with Crippen LogP contribution in [0.2, 0.25) is 5.02 Å². The lowest BCUT2D eigenvalue weighted by Gasteiger charge is -2.34.